The van der Waals surface area contributed by atoms with Gasteiger partial charge in [0.1, 0.15) is 35.1 Å². The molecule has 0 aliphatic carbocycles. The van der Waals surface area contributed by atoms with E-state index in [0.717, 1.165) is 11.1 Å². The van der Waals surface area contributed by atoms with Crippen molar-refractivity contribution >= 4 is 27.5 Å². The summed E-state index contributed by atoms with van der Waals surface area (Å²) in [7, 11) is 0. The van der Waals surface area contributed by atoms with Gasteiger partial charge in [-0.25, -0.2) is 9.78 Å². The normalized spacial score (nSPS) is 10.8. The van der Waals surface area contributed by atoms with E-state index in [1.165, 1.54) is 11.3 Å². The lowest BCUT2D eigenvalue weighted by atomic mass is 10.1. The smallest absolute Gasteiger partial charge is 0.342 e. The number of aromatic nitrogens is 2. The van der Waals surface area contributed by atoms with Gasteiger partial charge in [-0.15, -0.1) is 11.3 Å². The maximum absolute atomic E-state index is 12.6. The van der Waals surface area contributed by atoms with E-state index in [0.29, 0.717) is 34.0 Å². The van der Waals surface area contributed by atoms with Gasteiger partial charge >= 0.3 is 5.97 Å². The van der Waals surface area contributed by atoms with Gasteiger partial charge in [-0.2, -0.15) is 0 Å². The minimum absolute atomic E-state index is 0.133. The summed E-state index contributed by atoms with van der Waals surface area (Å²) in [6.07, 6.45) is 0. The highest BCUT2D eigenvalue weighted by Crippen LogP contribution is 2.21. The van der Waals surface area contributed by atoms with E-state index >= 15 is 0 Å². The number of ether oxygens (including phenoxy) is 2. The topological polar surface area (TPSA) is 81.3 Å². The molecule has 0 aliphatic rings. The van der Waals surface area contributed by atoms with Crippen LogP contribution in [0.4, 0.5) is 0 Å². The van der Waals surface area contributed by atoms with Gasteiger partial charge < -0.3 is 14.5 Å². The summed E-state index contributed by atoms with van der Waals surface area (Å²) >= 11 is 1.32. The third-order valence-corrected chi connectivity index (χ3v) is 5.19. The molecule has 2 aromatic heterocycles. The molecule has 0 aliphatic heterocycles. The molecule has 4 rings (SSSR count). The number of carbonyl (C=O) groups is 1. The van der Waals surface area contributed by atoms with Crippen LogP contribution in [-0.2, 0) is 18.0 Å². The van der Waals surface area contributed by atoms with E-state index in [-0.39, 0.29) is 12.2 Å². The van der Waals surface area contributed by atoms with E-state index in [4.69, 9.17) is 9.47 Å². The number of benzene rings is 2. The Hall–Kier alpha value is -3.45. The highest BCUT2D eigenvalue weighted by molar-refractivity contribution is 7.17. The van der Waals surface area contributed by atoms with Crippen LogP contribution in [0.25, 0.3) is 10.2 Å². The van der Waals surface area contributed by atoms with E-state index < -0.39 is 5.97 Å². The maximum Gasteiger partial charge on any atom is 0.342 e. The summed E-state index contributed by atoms with van der Waals surface area (Å²) in [6, 6.07) is 16.7. The quantitative estimate of drug-likeness (QED) is 0.485. The summed E-state index contributed by atoms with van der Waals surface area (Å²) in [4.78, 5) is 31.6. The summed E-state index contributed by atoms with van der Waals surface area (Å²) in [6.45, 7) is 2.22. The highest BCUT2D eigenvalue weighted by Gasteiger charge is 2.15. The van der Waals surface area contributed by atoms with Crippen molar-refractivity contribution in [1.29, 1.82) is 0 Å². The summed E-state index contributed by atoms with van der Waals surface area (Å²) in [5.41, 5.74) is 2.82. The molecule has 4 aromatic rings. The fourth-order valence-electron chi connectivity index (χ4n) is 2.93. The van der Waals surface area contributed by atoms with Crippen LogP contribution < -0.4 is 10.3 Å². The molecule has 146 valence electrons. The molecule has 2 aromatic carbocycles. The van der Waals surface area contributed by atoms with Crippen LogP contribution in [0.3, 0.4) is 0 Å². The largest absolute Gasteiger partial charge is 0.488 e. The molecule has 0 bridgehead atoms. The van der Waals surface area contributed by atoms with E-state index in [9.17, 15) is 9.59 Å². The van der Waals surface area contributed by atoms with Gasteiger partial charge in [0.2, 0.25) is 0 Å². The average molecular weight is 406 g/mol. The first kappa shape index (κ1) is 18.9. The Morgan fingerprint density at radius 1 is 1.10 bits per heavy atom. The Labute approximate surface area is 170 Å². The number of para-hydroxylation sites is 1. The van der Waals surface area contributed by atoms with Crippen molar-refractivity contribution in [2.24, 2.45) is 0 Å². The van der Waals surface area contributed by atoms with E-state index in [2.05, 4.69) is 9.97 Å². The van der Waals surface area contributed by atoms with Crippen LogP contribution >= 0.6 is 11.3 Å². The van der Waals surface area contributed by atoms with Crippen molar-refractivity contribution in [2.75, 3.05) is 0 Å². The molecule has 0 radical (unpaired) electrons. The number of hydrogen-bond acceptors (Lipinski definition) is 6. The first-order valence-electron chi connectivity index (χ1n) is 9.01. The molecular weight excluding hydrogens is 388 g/mol. The molecule has 0 spiro atoms. The molecule has 0 atom stereocenters. The van der Waals surface area contributed by atoms with Crippen LogP contribution in [0.1, 0.15) is 27.3 Å². The maximum atomic E-state index is 12.6. The zero-order chi connectivity index (χ0) is 20.2. The minimum Gasteiger partial charge on any atom is -0.488 e. The standard InChI is InChI=1S/C22H18N2O4S/c1-14-5-4-6-15(11-14)12-27-18-8-3-2-7-16(18)22(26)28-13-19-23-17-9-10-29-20(17)21(25)24-19/h2-11H,12-13H2,1H3,(H,23,24,25). The third kappa shape index (κ3) is 4.35. The molecule has 0 saturated carbocycles. The molecule has 0 saturated heterocycles. The van der Waals surface area contributed by atoms with Gasteiger partial charge in [-0.3, -0.25) is 4.79 Å². The molecule has 0 unspecified atom stereocenters. The number of aryl methyl sites for hydroxylation is 1. The van der Waals surface area contributed by atoms with Crippen LogP contribution in [0.2, 0.25) is 0 Å². The monoisotopic (exact) mass is 406 g/mol. The van der Waals surface area contributed by atoms with Gasteiger partial charge in [0.25, 0.3) is 5.56 Å². The number of aromatic amines is 1. The van der Waals surface area contributed by atoms with Crippen molar-refractivity contribution in [3.05, 3.63) is 92.8 Å². The van der Waals surface area contributed by atoms with Gasteiger partial charge in [-0.1, -0.05) is 42.0 Å². The second kappa shape index (κ2) is 8.28. The zero-order valence-corrected chi connectivity index (χ0v) is 16.5. The fourth-order valence-corrected chi connectivity index (χ4v) is 3.65. The van der Waals surface area contributed by atoms with Crippen molar-refractivity contribution < 1.29 is 14.3 Å². The minimum atomic E-state index is -0.544. The van der Waals surface area contributed by atoms with Crippen LogP contribution in [0, 0.1) is 6.92 Å². The molecule has 6 nitrogen and oxygen atoms in total. The fraction of sp³-hybridized carbons (Fsp3) is 0.136. The van der Waals surface area contributed by atoms with Crippen molar-refractivity contribution in [2.45, 2.75) is 20.1 Å². The lowest BCUT2D eigenvalue weighted by Gasteiger charge is -2.11. The number of hydrogen-bond donors (Lipinski definition) is 1. The highest BCUT2D eigenvalue weighted by atomic mass is 32.1. The second-order valence-electron chi connectivity index (χ2n) is 6.50. The molecule has 7 heteroatoms. The Kier molecular flexibility index (Phi) is 5.39. The van der Waals surface area contributed by atoms with Crippen LogP contribution in [0.5, 0.6) is 5.75 Å². The van der Waals surface area contributed by atoms with E-state index in [1.807, 2.05) is 31.2 Å². The molecule has 0 amide bonds. The lowest BCUT2D eigenvalue weighted by Crippen LogP contribution is -2.14. The number of nitrogens with one attached hydrogen (secondary N) is 1. The Balaban J connectivity index is 1.46. The Bertz CT molecular complexity index is 1230. The number of carbonyl (C=O) groups excluding carboxylic acids is 1. The molecule has 0 fully saturated rings. The second-order valence-corrected chi connectivity index (χ2v) is 7.41. The van der Waals surface area contributed by atoms with Gasteiger partial charge in [0.05, 0.1) is 5.52 Å². The van der Waals surface area contributed by atoms with Crippen molar-refractivity contribution in [3.63, 3.8) is 0 Å². The summed E-state index contributed by atoms with van der Waals surface area (Å²) in [5.74, 6) is 0.194. The van der Waals surface area contributed by atoms with Crippen LogP contribution in [0.15, 0.2) is 64.8 Å². The van der Waals surface area contributed by atoms with Gasteiger partial charge in [0, 0.05) is 0 Å². The summed E-state index contributed by atoms with van der Waals surface area (Å²) < 4.78 is 11.8. The number of esters is 1. The average Bonchev–Trinajstić information content (AvgIpc) is 3.20. The SMILES string of the molecule is Cc1cccc(COc2ccccc2C(=O)OCc2nc3ccsc3c(=O)[nH]2)c1. The van der Waals surface area contributed by atoms with Crippen LogP contribution in [-0.4, -0.2) is 15.9 Å². The molecular formula is C22H18N2O4S. The van der Waals surface area contributed by atoms with Gasteiger partial charge in [-0.05, 0) is 36.1 Å². The number of nitrogens with zero attached hydrogens (tertiary/aromatic N) is 1. The van der Waals surface area contributed by atoms with Crippen molar-refractivity contribution in [1.82, 2.24) is 9.97 Å². The predicted octanol–water partition coefficient (Wildman–Crippen LogP) is 4.23. The first-order chi connectivity index (χ1) is 14.1. The van der Waals surface area contributed by atoms with E-state index in [1.54, 1.807) is 35.7 Å². The number of rotatable bonds is 6. The Morgan fingerprint density at radius 2 is 1.97 bits per heavy atom. The summed E-state index contributed by atoms with van der Waals surface area (Å²) in [5, 5.41) is 1.80. The molecule has 29 heavy (non-hydrogen) atoms. The third-order valence-electron chi connectivity index (χ3n) is 4.29. The first-order valence-corrected chi connectivity index (χ1v) is 9.89. The zero-order valence-electron chi connectivity index (χ0n) is 15.7. The number of fused-ring (bicyclic) bond motifs is 1. The molecule has 1 N–H and O–H groups in total. The van der Waals surface area contributed by atoms with Crippen molar-refractivity contribution in [3.8, 4) is 5.75 Å². The predicted molar refractivity (Wildman–Crippen MR) is 111 cm³/mol. The number of H-pyrrole nitrogens is 1. The number of thiophene rings is 1. The molecule has 2 heterocycles. The Morgan fingerprint density at radius 3 is 2.83 bits per heavy atom. The lowest BCUT2D eigenvalue weighted by molar-refractivity contribution is 0.0457. The van der Waals surface area contributed by atoms with Gasteiger partial charge in [0.15, 0.2) is 0 Å².